The van der Waals surface area contributed by atoms with Crippen LogP contribution in [0.2, 0.25) is 0 Å². The van der Waals surface area contributed by atoms with Crippen molar-refractivity contribution in [1.29, 1.82) is 0 Å². The lowest BCUT2D eigenvalue weighted by molar-refractivity contribution is 0.0693. The summed E-state index contributed by atoms with van der Waals surface area (Å²) in [5.41, 5.74) is -0.286. The molecule has 3 N–H and O–H groups in total. The van der Waals surface area contributed by atoms with Crippen LogP contribution in [0.3, 0.4) is 0 Å². The third-order valence-electron chi connectivity index (χ3n) is 2.82. The number of carboxylic acid groups (broad SMARTS) is 1. The van der Waals surface area contributed by atoms with E-state index in [1.54, 1.807) is 0 Å². The van der Waals surface area contributed by atoms with Gasteiger partial charge >= 0.3 is 5.97 Å². The molecule has 1 rings (SSSR count). The summed E-state index contributed by atoms with van der Waals surface area (Å²) in [5, 5.41) is 27.5. The van der Waals surface area contributed by atoms with Crippen molar-refractivity contribution in [2.75, 3.05) is 19.7 Å². The number of carboxylic acids is 1. The van der Waals surface area contributed by atoms with Crippen molar-refractivity contribution in [1.82, 2.24) is 4.31 Å². The molecular formula is C13H17NO6S. The van der Waals surface area contributed by atoms with Crippen molar-refractivity contribution in [3.63, 3.8) is 0 Å². The van der Waals surface area contributed by atoms with E-state index in [1.807, 2.05) is 0 Å². The van der Waals surface area contributed by atoms with Crippen LogP contribution < -0.4 is 0 Å². The van der Waals surface area contributed by atoms with Crippen LogP contribution in [0.25, 0.3) is 0 Å². The number of aliphatic hydroxyl groups excluding tert-OH is 1. The van der Waals surface area contributed by atoms with Gasteiger partial charge in [0.2, 0.25) is 10.0 Å². The summed E-state index contributed by atoms with van der Waals surface area (Å²) >= 11 is 0. The first-order chi connectivity index (χ1) is 9.75. The maximum Gasteiger partial charge on any atom is 0.339 e. The third kappa shape index (κ3) is 3.60. The molecule has 0 aliphatic heterocycles. The average molecular weight is 315 g/mol. The van der Waals surface area contributed by atoms with Crippen LogP contribution in [-0.4, -0.2) is 53.7 Å². The molecule has 1 aromatic rings. The largest absolute Gasteiger partial charge is 0.507 e. The second kappa shape index (κ2) is 6.70. The lowest BCUT2D eigenvalue weighted by Crippen LogP contribution is -2.34. The van der Waals surface area contributed by atoms with Gasteiger partial charge in [-0.15, -0.1) is 6.58 Å². The number of rotatable bonds is 7. The van der Waals surface area contributed by atoms with E-state index in [-0.39, 0.29) is 30.2 Å². The van der Waals surface area contributed by atoms with E-state index < -0.39 is 27.3 Å². The Bertz CT molecular complexity index is 653. The summed E-state index contributed by atoms with van der Waals surface area (Å²) in [6.07, 6.45) is 1.36. The molecule has 0 heterocycles. The van der Waals surface area contributed by atoms with Crippen molar-refractivity contribution in [3.05, 3.63) is 35.9 Å². The van der Waals surface area contributed by atoms with Crippen LogP contribution in [-0.2, 0) is 10.0 Å². The van der Waals surface area contributed by atoms with E-state index >= 15 is 0 Å². The number of aromatic hydroxyl groups is 1. The van der Waals surface area contributed by atoms with Crippen LogP contribution >= 0.6 is 0 Å². The number of hydrogen-bond acceptors (Lipinski definition) is 5. The predicted octanol–water partition coefficient (Wildman–Crippen LogP) is 0.568. The lowest BCUT2D eigenvalue weighted by Gasteiger charge is -2.21. The number of aromatic carboxylic acids is 1. The van der Waals surface area contributed by atoms with Gasteiger partial charge in [-0.05, 0) is 24.6 Å². The molecule has 0 aliphatic rings. The van der Waals surface area contributed by atoms with Crippen molar-refractivity contribution in [2.45, 2.75) is 11.8 Å². The fraction of sp³-hybridized carbons (Fsp3) is 0.308. The number of nitrogens with zero attached hydrogens (tertiary/aromatic N) is 1. The fourth-order valence-electron chi connectivity index (χ4n) is 1.83. The van der Waals surface area contributed by atoms with Crippen molar-refractivity contribution in [3.8, 4) is 5.75 Å². The zero-order chi connectivity index (χ0) is 16.2. The number of hydrogen-bond donors (Lipinski definition) is 3. The van der Waals surface area contributed by atoms with Gasteiger partial charge in [-0.25, -0.2) is 13.2 Å². The Balaban J connectivity index is 3.45. The minimum absolute atomic E-state index is 0.0222. The molecule has 0 spiro atoms. The zero-order valence-corrected chi connectivity index (χ0v) is 12.3. The minimum Gasteiger partial charge on any atom is -0.507 e. The molecule has 116 valence electrons. The Hall–Kier alpha value is -1.90. The monoisotopic (exact) mass is 315 g/mol. The van der Waals surface area contributed by atoms with E-state index in [1.165, 1.54) is 13.0 Å². The molecule has 1 aromatic carbocycles. The Morgan fingerprint density at radius 3 is 2.52 bits per heavy atom. The van der Waals surface area contributed by atoms with Gasteiger partial charge in [0.1, 0.15) is 11.3 Å². The summed E-state index contributed by atoms with van der Waals surface area (Å²) in [6, 6.07) is 2.00. The Kier molecular flexibility index (Phi) is 5.47. The van der Waals surface area contributed by atoms with Gasteiger partial charge in [-0.1, -0.05) is 6.08 Å². The molecule has 0 aromatic heterocycles. The second-order valence-electron chi connectivity index (χ2n) is 4.32. The van der Waals surface area contributed by atoms with Gasteiger partial charge < -0.3 is 15.3 Å². The number of sulfonamides is 1. The lowest BCUT2D eigenvalue weighted by atomic mass is 10.1. The van der Waals surface area contributed by atoms with Gasteiger partial charge in [0.15, 0.2) is 0 Å². The van der Waals surface area contributed by atoms with Crippen LogP contribution in [0, 0.1) is 6.92 Å². The van der Waals surface area contributed by atoms with E-state index in [4.69, 9.17) is 10.2 Å². The van der Waals surface area contributed by atoms with Crippen LogP contribution in [0.4, 0.5) is 0 Å². The first kappa shape index (κ1) is 17.2. The number of aryl methyl sites for hydroxylation is 1. The highest BCUT2D eigenvalue weighted by atomic mass is 32.2. The van der Waals surface area contributed by atoms with E-state index in [9.17, 15) is 18.3 Å². The Morgan fingerprint density at radius 2 is 2.05 bits per heavy atom. The highest BCUT2D eigenvalue weighted by Crippen LogP contribution is 2.27. The van der Waals surface area contributed by atoms with Gasteiger partial charge in [0.25, 0.3) is 0 Å². The topological polar surface area (TPSA) is 115 Å². The quantitative estimate of drug-likeness (QED) is 0.634. The second-order valence-corrected chi connectivity index (χ2v) is 6.22. The minimum atomic E-state index is -4.00. The molecule has 0 atom stereocenters. The zero-order valence-electron chi connectivity index (χ0n) is 11.5. The molecule has 21 heavy (non-hydrogen) atoms. The van der Waals surface area contributed by atoms with Crippen molar-refractivity contribution in [2.24, 2.45) is 0 Å². The van der Waals surface area contributed by atoms with Crippen molar-refractivity contribution >= 4 is 16.0 Å². The maximum absolute atomic E-state index is 12.5. The number of aliphatic hydroxyl groups is 1. The van der Waals surface area contributed by atoms with Gasteiger partial charge in [0.05, 0.1) is 11.5 Å². The Labute approximate surface area is 122 Å². The van der Waals surface area contributed by atoms with E-state index in [0.29, 0.717) is 0 Å². The summed E-state index contributed by atoms with van der Waals surface area (Å²) in [5.74, 6) is -1.93. The molecule has 0 saturated carbocycles. The van der Waals surface area contributed by atoms with Crippen LogP contribution in [0.1, 0.15) is 15.9 Å². The summed E-state index contributed by atoms with van der Waals surface area (Å²) in [7, 11) is -4.00. The molecule has 0 aliphatic carbocycles. The van der Waals surface area contributed by atoms with E-state index in [2.05, 4.69) is 6.58 Å². The van der Waals surface area contributed by atoms with Gasteiger partial charge in [-0.2, -0.15) is 4.31 Å². The average Bonchev–Trinajstić information content (AvgIpc) is 2.37. The maximum atomic E-state index is 12.5. The first-order valence-corrected chi connectivity index (χ1v) is 7.48. The molecule has 0 amide bonds. The molecule has 7 nitrogen and oxygen atoms in total. The fourth-order valence-corrected chi connectivity index (χ4v) is 3.46. The SMILES string of the molecule is C=CCN(CCO)S(=O)(=O)c1cc(C(=O)O)c(O)cc1C. The number of carbonyl (C=O) groups is 1. The van der Waals surface area contributed by atoms with Crippen LogP contribution in [0.5, 0.6) is 5.75 Å². The smallest absolute Gasteiger partial charge is 0.339 e. The molecule has 0 saturated heterocycles. The van der Waals surface area contributed by atoms with Crippen molar-refractivity contribution < 1.29 is 28.5 Å². The molecule has 8 heteroatoms. The highest BCUT2D eigenvalue weighted by molar-refractivity contribution is 7.89. The molecule has 0 bridgehead atoms. The summed E-state index contributed by atoms with van der Waals surface area (Å²) in [6.45, 7) is 4.36. The Morgan fingerprint density at radius 1 is 1.43 bits per heavy atom. The first-order valence-electron chi connectivity index (χ1n) is 6.04. The standard InChI is InChI=1S/C13H17NO6S/c1-3-4-14(5-6-15)21(19,20)12-8-10(13(17)18)11(16)7-9(12)2/h3,7-8,15-16H,1,4-6H2,2H3,(H,17,18). The molecule has 0 radical (unpaired) electrons. The normalized spacial score (nSPS) is 11.6. The number of phenols is 1. The van der Waals surface area contributed by atoms with Gasteiger partial charge in [0, 0.05) is 13.1 Å². The number of benzene rings is 1. The van der Waals surface area contributed by atoms with E-state index in [0.717, 1.165) is 16.4 Å². The summed E-state index contributed by atoms with van der Waals surface area (Å²) < 4.78 is 26.0. The third-order valence-corrected chi connectivity index (χ3v) is 4.83. The highest BCUT2D eigenvalue weighted by Gasteiger charge is 2.27. The van der Waals surface area contributed by atoms with Crippen LogP contribution in [0.15, 0.2) is 29.7 Å². The molecule has 0 fully saturated rings. The molecular weight excluding hydrogens is 298 g/mol. The van der Waals surface area contributed by atoms with Gasteiger partial charge in [-0.3, -0.25) is 0 Å². The summed E-state index contributed by atoms with van der Waals surface area (Å²) in [4.78, 5) is 10.8. The molecule has 0 unspecified atom stereocenters. The predicted molar refractivity (Wildman–Crippen MR) is 75.8 cm³/mol.